The molecule has 3 amide bonds. The fraction of sp³-hybridized carbons (Fsp3) is 0.107. The number of aromatic nitrogens is 2. The molecule has 0 aliphatic carbocycles. The highest BCUT2D eigenvalue weighted by Crippen LogP contribution is 2.27. The summed E-state index contributed by atoms with van der Waals surface area (Å²) in [7, 11) is 0. The van der Waals surface area contributed by atoms with E-state index in [0.717, 1.165) is 9.90 Å². The van der Waals surface area contributed by atoms with Crippen molar-refractivity contribution in [1.82, 2.24) is 15.5 Å². The Kier molecular flexibility index (Phi) is 9.55. The smallest absolute Gasteiger partial charge is 0.276 e. The summed E-state index contributed by atoms with van der Waals surface area (Å²) in [6, 6.07) is 21.0. The van der Waals surface area contributed by atoms with E-state index in [0.29, 0.717) is 16.4 Å². The molecule has 0 bridgehead atoms. The number of rotatable bonds is 10. The van der Waals surface area contributed by atoms with Gasteiger partial charge in [0.05, 0.1) is 15.7 Å². The number of hydrogen-bond donors (Lipinski definition) is 3. The van der Waals surface area contributed by atoms with E-state index in [1.807, 2.05) is 0 Å². The number of benzene rings is 3. The molecule has 1 unspecified atom stereocenters. The van der Waals surface area contributed by atoms with Crippen LogP contribution in [0.25, 0.3) is 6.08 Å². The Morgan fingerprint density at radius 1 is 0.951 bits per heavy atom. The minimum absolute atomic E-state index is 0.152. The van der Waals surface area contributed by atoms with E-state index in [-0.39, 0.29) is 22.9 Å². The first-order valence-corrected chi connectivity index (χ1v) is 13.9. The summed E-state index contributed by atoms with van der Waals surface area (Å²) in [5, 5.41) is 28.1. The second-order valence-corrected chi connectivity index (χ2v) is 11.1. The molecule has 13 heteroatoms. The van der Waals surface area contributed by atoms with Crippen LogP contribution in [0.5, 0.6) is 0 Å². The Bertz CT molecular complexity index is 1610. The standard InChI is InChI=1S/C28H24N6O5S2/c1-17(25(35)31-28-33-32-18(2)41-28)40-22-14-12-21(13-15-22)29-27(37)23(30-26(36)19-8-4-3-5-9-19)16-20-10-6-7-11-24(20)34(38)39/h3-17H,1-2H3,(H,29,37)(H,30,36)(H,31,33,35)/b23-16-. The lowest BCUT2D eigenvalue weighted by Crippen LogP contribution is -2.30. The first-order chi connectivity index (χ1) is 19.7. The van der Waals surface area contributed by atoms with Crippen LogP contribution in [0, 0.1) is 17.0 Å². The number of thioether (sulfide) groups is 1. The van der Waals surface area contributed by atoms with E-state index >= 15 is 0 Å². The van der Waals surface area contributed by atoms with Gasteiger partial charge in [-0.3, -0.25) is 29.8 Å². The minimum Gasteiger partial charge on any atom is -0.321 e. The number of nitro groups is 1. The Morgan fingerprint density at radius 2 is 1.63 bits per heavy atom. The van der Waals surface area contributed by atoms with Gasteiger partial charge in [0.25, 0.3) is 17.5 Å². The lowest BCUT2D eigenvalue weighted by molar-refractivity contribution is -0.385. The summed E-state index contributed by atoms with van der Waals surface area (Å²) >= 11 is 2.61. The van der Waals surface area contributed by atoms with Gasteiger partial charge >= 0.3 is 0 Å². The maximum atomic E-state index is 13.3. The third-order valence-corrected chi connectivity index (χ3v) is 7.38. The zero-order chi connectivity index (χ0) is 29.4. The summed E-state index contributed by atoms with van der Waals surface area (Å²) in [6.07, 6.45) is 1.26. The van der Waals surface area contributed by atoms with Gasteiger partial charge in [-0.05, 0) is 62.4 Å². The van der Waals surface area contributed by atoms with E-state index in [1.54, 1.807) is 74.5 Å². The highest BCUT2D eigenvalue weighted by atomic mass is 32.2. The minimum atomic E-state index is -0.673. The van der Waals surface area contributed by atoms with E-state index in [9.17, 15) is 24.5 Å². The third-order valence-electron chi connectivity index (χ3n) is 5.51. The van der Waals surface area contributed by atoms with Crippen molar-refractivity contribution in [2.75, 3.05) is 10.6 Å². The number of carbonyl (C=O) groups is 3. The molecule has 11 nitrogen and oxygen atoms in total. The van der Waals surface area contributed by atoms with Gasteiger partial charge in [0.15, 0.2) is 0 Å². The molecule has 1 aromatic heterocycles. The van der Waals surface area contributed by atoms with E-state index in [1.165, 1.54) is 47.4 Å². The largest absolute Gasteiger partial charge is 0.321 e. The van der Waals surface area contributed by atoms with Gasteiger partial charge in [-0.15, -0.1) is 22.0 Å². The molecule has 0 saturated carbocycles. The second-order valence-electron chi connectivity index (χ2n) is 8.55. The topological polar surface area (TPSA) is 156 Å². The molecule has 208 valence electrons. The van der Waals surface area contributed by atoms with Crippen LogP contribution < -0.4 is 16.0 Å². The first-order valence-electron chi connectivity index (χ1n) is 12.2. The van der Waals surface area contributed by atoms with Gasteiger partial charge < -0.3 is 10.6 Å². The van der Waals surface area contributed by atoms with Gasteiger partial charge in [0.1, 0.15) is 10.7 Å². The van der Waals surface area contributed by atoms with Crippen LogP contribution >= 0.6 is 23.1 Å². The van der Waals surface area contributed by atoms with E-state index in [2.05, 4.69) is 26.1 Å². The monoisotopic (exact) mass is 588 g/mol. The molecular weight excluding hydrogens is 564 g/mol. The molecule has 0 radical (unpaired) electrons. The van der Waals surface area contributed by atoms with Gasteiger partial charge in [0, 0.05) is 22.2 Å². The number of nitro benzene ring substituents is 1. The second kappa shape index (κ2) is 13.5. The zero-order valence-corrected chi connectivity index (χ0v) is 23.5. The third kappa shape index (κ3) is 8.06. The quantitative estimate of drug-likeness (QED) is 0.0977. The summed E-state index contributed by atoms with van der Waals surface area (Å²) in [5.74, 6) is -1.44. The van der Waals surface area contributed by atoms with Gasteiger partial charge in [0.2, 0.25) is 11.0 Å². The average Bonchev–Trinajstić information content (AvgIpc) is 3.38. The molecular formula is C28H24N6O5S2. The van der Waals surface area contributed by atoms with Gasteiger partial charge in [-0.1, -0.05) is 41.7 Å². The first kappa shape index (κ1) is 29.1. The average molecular weight is 589 g/mol. The van der Waals surface area contributed by atoms with Crippen molar-refractivity contribution in [2.24, 2.45) is 0 Å². The van der Waals surface area contributed by atoms with Crippen molar-refractivity contribution < 1.29 is 19.3 Å². The van der Waals surface area contributed by atoms with Crippen molar-refractivity contribution in [3.63, 3.8) is 0 Å². The fourth-order valence-corrected chi connectivity index (χ4v) is 4.96. The molecule has 4 rings (SSSR count). The number of para-hydroxylation sites is 1. The fourth-order valence-electron chi connectivity index (χ4n) is 3.50. The molecule has 1 heterocycles. The summed E-state index contributed by atoms with van der Waals surface area (Å²) < 4.78 is 0. The summed E-state index contributed by atoms with van der Waals surface area (Å²) in [5.41, 5.74) is 0.493. The number of nitrogens with zero attached hydrogens (tertiary/aromatic N) is 3. The lowest BCUT2D eigenvalue weighted by atomic mass is 10.1. The van der Waals surface area contributed by atoms with Crippen LogP contribution in [0.3, 0.4) is 0 Å². The van der Waals surface area contributed by atoms with Crippen molar-refractivity contribution in [3.05, 3.63) is 111 Å². The molecule has 41 heavy (non-hydrogen) atoms. The molecule has 0 aliphatic heterocycles. The van der Waals surface area contributed by atoms with Gasteiger partial charge in [-0.25, -0.2) is 0 Å². The molecule has 0 spiro atoms. The van der Waals surface area contributed by atoms with Crippen LogP contribution in [0.15, 0.2) is 89.5 Å². The maximum absolute atomic E-state index is 13.3. The molecule has 0 fully saturated rings. The maximum Gasteiger partial charge on any atom is 0.276 e. The molecule has 4 aromatic rings. The number of nitrogens with one attached hydrogen (secondary N) is 3. The van der Waals surface area contributed by atoms with Crippen LogP contribution in [0.4, 0.5) is 16.5 Å². The van der Waals surface area contributed by atoms with Crippen molar-refractivity contribution in [3.8, 4) is 0 Å². The zero-order valence-electron chi connectivity index (χ0n) is 21.9. The SMILES string of the molecule is Cc1nnc(NC(=O)C(C)Sc2ccc(NC(=O)/C(=C/c3ccccc3[N+](=O)[O-])NC(=O)c3ccccc3)cc2)s1. The van der Waals surface area contributed by atoms with Gasteiger partial charge in [-0.2, -0.15) is 0 Å². The Balaban J connectivity index is 1.48. The summed E-state index contributed by atoms with van der Waals surface area (Å²) in [4.78, 5) is 50.3. The molecule has 0 saturated heterocycles. The van der Waals surface area contributed by atoms with Crippen molar-refractivity contribution >= 4 is 63.4 Å². The number of carbonyl (C=O) groups excluding carboxylic acids is 3. The molecule has 3 aromatic carbocycles. The Morgan fingerprint density at radius 3 is 2.29 bits per heavy atom. The number of aryl methyl sites for hydroxylation is 1. The predicted octanol–water partition coefficient (Wildman–Crippen LogP) is 5.28. The predicted molar refractivity (Wildman–Crippen MR) is 159 cm³/mol. The Labute approximate surface area is 243 Å². The van der Waals surface area contributed by atoms with Crippen LogP contribution in [-0.2, 0) is 9.59 Å². The highest BCUT2D eigenvalue weighted by molar-refractivity contribution is 8.00. The van der Waals surface area contributed by atoms with E-state index in [4.69, 9.17) is 0 Å². The number of hydrogen-bond acceptors (Lipinski definition) is 9. The molecule has 1 atom stereocenters. The van der Waals surface area contributed by atoms with Crippen molar-refractivity contribution in [2.45, 2.75) is 24.0 Å². The van der Waals surface area contributed by atoms with Crippen LogP contribution in [0.2, 0.25) is 0 Å². The van der Waals surface area contributed by atoms with Crippen LogP contribution in [0.1, 0.15) is 27.9 Å². The van der Waals surface area contributed by atoms with E-state index < -0.39 is 22.0 Å². The molecule has 3 N–H and O–H groups in total. The highest BCUT2D eigenvalue weighted by Gasteiger charge is 2.19. The number of anilines is 2. The van der Waals surface area contributed by atoms with Crippen molar-refractivity contribution in [1.29, 1.82) is 0 Å². The Hall–Kier alpha value is -4.88. The summed E-state index contributed by atoms with van der Waals surface area (Å²) in [6.45, 7) is 3.56. The lowest BCUT2D eigenvalue weighted by Gasteiger charge is -2.13. The number of amides is 3. The van der Waals surface area contributed by atoms with Crippen LogP contribution in [-0.4, -0.2) is 38.1 Å². The molecule has 0 aliphatic rings. The normalized spacial score (nSPS) is 11.8.